The van der Waals surface area contributed by atoms with Gasteiger partial charge < -0.3 is 25.5 Å². The molecular formula is C23H36ClFN6O6S. The Morgan fingerprint density at radius 3 is 1.92 bits per heavy atom. The monoisotopic (exact) mass is 578 g/mol. The van der Waals surface area contributed by atoms with E-state index in [-0.39, 0.29) is 17.4 Å². The zero-order valence-corrected chi connectivity index (χ0v) is 24.5. The van der Waals surface area contributed by atoms with Crippen molar-refractivity contribution >= 4 is 41.2 Å². The minimum atomic E-state index is -2.13. The highest BCUT2D eigenvalue weighted by atomic mass is 35.5. The van der Waals surface area contributed by atoms with E-state index in [2.05, 4.69) is 10.3 Å². The number of carbonyl (C=O) groups is 3. The number of carboxylic acid groups (broad SMARTS) is 3. The largest absolute Gasteiger partial charge is 0.464 e. The van der Waals surface area contributed by atoms with Crippen molar-refractivity contribution in [2.45, 2.75) is 91.2 Å². The van der Waals surface area contributed by atoms with Crippen molar-refractivity contribution in [2.24, 2.45) is 5.41 Å². The zero-order chi connectivity index (χ0) is 29.6. The summed E-state index contributed by atoms with van der Waals surface area (Å²) in [6, 6.07) is 0. The number of nitrogens with zero attached hydrogens (tertiary/aromatic N) is 5. The fourth-order valence-electron chi connectivity index (χ4n) is 4.49. The number of hydrogen-bond donors (Lipinski definition) is 4. The van der Waals surface area contributed by atoms with Crippen molar-refractivity contribution in [2.75, 3.05) is 0 Å². The van der Waals surface area contributed by atoms with Crippen LogP contribution in [-0.4, -0.2) is 80.8 Å². The maximum atomic E-state index is 16.9. The number of imide groups is 1. The third-order valence-corrected chi connectivity index (χ3v) is 7.48. The molecule has 0 saturated heterocycles. The fraction of sp³-hybridized carbons (Fsp3) is 0.652. The molecule has 15 heteroatoms. The number of halogens is 2. The quantitative estimate of drug-likeness (QED) is 0.207. The average molecular weight is 579 g/mol. The molecule has 0 bridgehead atoms. The molecule has 1 aromatic heterocycles. The minimum Gasteiger partial charge on any atom is -0.464 e. The summed E-state index contributed by atoms with van der Waals surface area (Å²) in [5.41, 5.74) is -2.96. The van der Waals surface area contributed by atoms with Crippen molar-refractivity contribution in [1.82, 2.24) is 30.1 Å². The maximum absolute atomic E-state index is 16.9. The van der Waals surface area contributed by atoms with Crippen LogP contribution in [0.5, 0.6) is 0 Å². The second-order valence-electron chi connectivity index (χ2n) is 11.7. The summed E-state index contributed by atoms with van der Waals surface area (Å²) in [7, 11) is 0. The molecule has 0 spiro atoms. The van der Waals surface area contributed by atoms with Crippen molar-refractivity contribution in [3.05, 3.63) is 28.2 Å². The summed E-state index contributed by atoms with van der Waals surface area (Å²) in [6.07, 6.45) is -6.79. The van der Waals surface area contributed by atoms with Gasteiger partial charge in [-0.2, -0.15) is 5.01 Å². The molecule has 0 aliphatic carbocycles. The zero-order valence-electron chi connectivity index (χ0n) is 22.9. The van der Waals surface area contributed by atoms with E-state index in [0.29, 0.717) is 5.01 Å². The Morgan fingerprint density at radius 1 is 1.05 bits per heavy atom. The van der Waals surface area contributed by atoms with E-state index < -0.39 is 56.9 Å². The Labute approximate surface area is 230 Å². The highest BCUT2D eigenvalue weighted by Crippen LogP contribution is 2.55. The predicted octanol–water partition coefficient (Wildman–Crippen LogP) is 5.40. The molecular weight excluding hydrogens is 543 g/mol. The lowest BCUT2D eigenvalue weighted by Gasteiger charge is -2.66. The molecule has 2 heterocycles. The number of alkyl halides is 1. The third kappa shape index (κ3) is 5.61. The van der Waals surface area contributed by atoms with Gasteiger partial charge in [0.05, 0.1) is 6.54 Å². The van der Waals surface area contributed by atoms with Gasteiger partial charge in [-0.1, -0.05) is 32.4 Å². The third-order valence-electron chi connectivity index (χ3n) is 5.78. The molecule has 1 aromatic rings. The Morgan fingerprint density at radius 2 is 1.58 bits per heavy atom. The van der Waals surface area contributed by atoms with Gasteiger partial charge in [-0.3, -0.25) is 0 Å². The van der Waals surface area contributed by atoms with Crippen LogP contribution in [-0.2, 0) is 6.54 Å². The molecule has 1 aliphatic heterocycles. The highest BCUT2D eigenvalue weighted by Gasteiger charge is 2.65. The van der Waals surface area contributed by atoms with E-state index in [1.807, 2.05) is 0 Å². The first-order valence-electron chi connectivity index (χ1n) is 11.7. The second-order valence-corrected chi connectivity index (χ2v) is 13.2. The standard InChI is InChI=1S/C23H36ClFN6O6S/c1-20(2,3)23(24)30(21(4,5)6)15(27-12-13-26-10-11-38-13)14(25)16(31(23)22(7,8)9)28(17(32)33)29(18(34)35)19(36)37/h10-11,16,27H,12H2,1-9H3,(H,32,33)(H,34,35)(H,36,37). The number of thiazole rings is 1. The molecule has 0 radical (unpaired) electrons. The van der Waals surface area contributed by atoms with Crippen LogP contribution in [0.25, 0.3) is 0 Å². The summed E-state index contributed by atoms with van der Waals surface area (Å²) in [4.78, 5) is 43.5. The molecule has 2 rings (SSSR count). The Kier molecular flexibility index (Phi) is 8.57. The van der Waals surface area contributed by atoms with E-state index in [4.69, 9.17) is 11.6 Å². The van der Waals surface area contributed by atoms with Gasteiger partial charge in [-0.05, 0) is 41.5 Å². The van der Waals surface area contributed by atoms with E-state index in [9.17, 15) is 29.7 Å². The van der Waals surface area contributed by atoms with Crippen LogP contribution in [0.1, 0.15) is 67.3 Å². The van der Waals surface area contributed by atoms with Crippen molar-refractivity contribution < 1.29 is 34.1 Å². The van der Waals surface area contributed by atoms with Crippen molar-refractivity contribution in [3.63, 3.8) is 0 Å². The van der Waals surface area contributed by atoms with Crippen LogP contribution in [0.4, 0.5) is 18.8 Å². The molecule has 12 nitrogen and oxygen atoms in total. The highest BCUT2D eigenvalue weighted by molar-refractivity contribution is 7.09. The van der Waals surface area contributed by atoms with E-state index in [1.165, 1.54) is 16.2 Å². The molecule has 0 saturated carbocycles. The van der Waals surface area contributed by atoms with Crippen LogP contribution in [0.2, 0.25) is 0 Å². The molecule has 3 amide bonds. The summed E-state index contributed by atoms with van der Waals surface area (Å²) in [5.74, 6) is -1.35. The van der Waals surface area contributed by atoms with Gasteiger partial charge in [0.15, 0.2) is 17.1 Å². The molecule has 2 unspecified atom stereocenters. The van der Waals surface area contributed by atoms with E-state index in [0.717, 1.165) is 0 Å². The number of rotatable bonds is 4. The normalized spacial score (nSPS) is 21.3. The Balaban J connectivity index is 3.07. The van der Waals surface area contributed by atoms with Gasteiger partial charge in [0, 0.05) is 28.1 Å². The first-order chi connectivity index (χ1) is 17.1. The number of hydrogen-bond acceptors (Lipinski definition) is 8. The number of amides is 3. The van der Waals surface area contributed by atoms with E-state index in [1.54, 1.807) is 78.8 Å². The Hall–Kier alpha value is -2.84. The van der Waals surface area contributed by atoms with Gasteiger partial charge in [0.1, 0.15) is 10.8 Å². The number of hydrazine groups is 1. The Bertz CT molecular complexity index is 1080. The summed E-state index contributed by atoms with van der Waals surface area (Å²) in [5, 5.41) is 32.5. The van der Waals surface area contributed by atoms with Crippen LogP contribution in [0, 0.1) is 5.41 Å². The van der Waals surface area contributed by atoms with Crippen molar-refractivity contribution in [3.8, 4) is 0 Å². The molecule has 4 N–H and O–H groups in total. The summed E-state index contributed by atoms with van der Waals surface area (Å²) < 4.78 is 16.9. The predicted molar refractivity (Wildman–Crippen MR) is 140 cm³/mol. The molecule has 0 fully saturated rings. The number of nitrogens with one attached hydrogen (secondary N) is 1. The average Bonchev–Trinajstić information content (AvgIpc) is 3.22. The van der Waals surface area contributed by atoms with Crippen LogP contribution in [0.15, 0.2) is 23.2 Å². The molecule has 214 valence electrons. The molecule has 2 atom stereocenters. The van der Waals surface area contributed by atoms with Gasteiger partial charge in [-0.15, -0.1) is 16.3 Å². The lowest BCUT2D eigenvalue weighted by atomic mass is 9.82. The fourth-order valence-corrected chi connectivity index (χ4v) is 5.73. The smallest absolute Gasteiger partial charge is 0.436 e. The molecule has 38 heavy (non-hydrogen) atoms. The minimum absolute atomic E-state index is 0.0427. The SMILES string of the molecule is CC(C)(C)N1C(NCc2nccs2)=C(F)C(N(C(=O)O)N(C(=O)O)C(=O)O)N(C(C)(C)C)C1(Cl)C(C)(C)C. The first-order valence-corrected chi connectivity index (χ1v) is 12.9. The second kappa shape index (κ2) is 10.4. The summed E-state index contributed by atoms with van der Waals surface area (Å²) >= 11 is 8.85. The van der Waals surface area contributed by atoms with Gasteiger partial charge >= 0.3 is 18.3 Å². The van der Waals surface area contributed by atoms with Gasteiger partial charge in [0.2, 0.25) is 0 Å². The van der Waals surface area contributed by atoms with Crippen LogP contribution >= 0.6 is 22.9 Å². The lowest BCUT2D eigenvalue weighted by molar-refractivity contribution is -0.199. The maximum Gasteiger partial charge on any atom is 0.436 e. The first kappa shape index (κ1) is 31.4. The topological polar surface area (TPSA) is 150 Å². The van der Waals surface area contributed by atoms with Gasteiger partial charge in [-0.25, -0.2) is 28.7 Å². The number of aromatic nitrogens is 1. The van der Waals surface area contributed by atoms with Crippen LogP contribution in [0.3, 0.4) is 0 Å². The van der Waals surface area contributed by atoms with Gasteiger partial charge in [0.25, 0.3) is 0 Å². The molecule has 1 aliphatic rings. The van der Waals surface area contributed by atoms with Crippen LogP contribution < -0.4 is 5.32 Å². The lowest BCUT2D eigenvalue weighted by Crippen LogP contribution is -2.79. The molecule has 0 aromatic carbocycles. The van der Waals surface area contributed by atoms with Crippen molar-refractivity contribution in [1.29, 1.82) is 0 Å². The van der Waals surface area contributed by atoms with E-state index >= 15 is 4.39 Å². The summed E-state index contributed by atoms with van der Waals surface area (Å²) in [6.45, 7) is 15.7.